The molecule has 32 heavy (non-hydrogen) atoms. The number of halogens is 2. The molecule has 3 aromatic rings. The molecule has 0 aliphatic carbocycles. The van der Waals surface area contributed by atoms with Crippen molar-refractivity contribution in [1.29, 1.82) is 0 Å². The molecule has 0 amide bonds. The molecule has 0 bridgehead atoms. The highest BCUT2D eigenvalue weighted by Crippen LogP contribution is 2.35. The van der Waals surface area contributed by atoms with Gasteiger partial charge in [-0.05, 0) is 50.5 Å². The number of ether oxygens (including phenoxy) is 1. The minimum Gasteiger partial charge on any atom is -0.495 e. The van der Waals surface area contributed by atoms with E-state index < -0.39 is 22.7 Å². The quantitative estimate of drug-likeness (QED) is 0.370. The zero-order valence-electron chi connectivity index (χ0n) is 17.9. The van der Waals surface area contributed by atoms with Crippen LogP contribution in [0.15, 0.2) is 47.6 Å². The van der Waals surface area contributed by atoms with Crippen molar-refractivity contribution in [1.82, 2.24) is 14.8 Å². The number of benzene rings is 2. The highest BCUT2D eigenvalue weighted by atomic mass is 32.2. The molecule has 1 aromatic heterocycles. The summed E-state index contributed by atoms with van der Waals surface area (Å²) in [5.74, 6) is -0.703. The molecule has 4 rings (SSSR count). The van der Waals surface area contributed by atoms with Crippen LogP contribution in [0.1, 0.15) is 36.5 Å². The fraction of sp³-hybridized carbons (Fsp3) is 0.348. The van der Waals surface area contributed by atoms with Crippen LogP contribution >= 0.6 is 11.8 Å². The van der Waals surface area contributed by atoms with Gasteiger partial charge in [-0.15, -0.1) is 10.2 Å². The molecule has 1 aliphatic heterocycles. The number of rotatable bonds is 7. The van der Waals surface area contributed by atoms with Gasteiger partial charge in [0.1, 0.15) is 17.4 Å². The van der Waals surface area contributed by atoms with E-state index in [1.807, 2.05) is 28.8 Å². The van der Waals surface area contributed by atoms with Gasteiger partial charge in [0, 0.05) is 19.2 Å². The number of hydrogen-bond acceptors (Lipinski definition) is 6. The third-order valence-corrected chi connectivity index (χ3v) is 6.47. The summed E-state index contributed by atoms with van der Waals surface area (Å²) in [7, 11) is 1.60. The highest BCUT2D eigenvalue weighted by molar-refractivity contribution is 8.00. The summed E-state index contributed by atoms with van der Waals surface area (Å²) < 4.78 is 34.9. The summed E-state index contributed by atoms with van der Waals surface area (Å²) in [6, 6.07) is 10.5. The predicted molar refractivity (Wildman–Crippen MR) is 120 cm³/mol. The number of nitrogens with zero attached hydrogens (tertiary/aromatic N) is 4. The molecule has 1 fully saturated rings. The number of ketones is 1. The van der Waals surface area contributed by atoms with Gasteiger partial charge in [0.15, 0.2) is 10.9 Å². The molecule has 1 unspecified atom stereocenters. The van der Waals surface area contributed by atoms with Gasteiger partial charge < -0.3 is 9.64 Å². The molecule has 1 aliphatic rings. The number of carbonyl (C=O) groups excluding carboxylic acids is 1. The fourth-order valence-electron chi connectivity index (χ4n) is 3.78. The highest BCUT2D eigenvalue weighted by Gasteiger charge is 2.27. The van der Waals surface area contributed by atoms with Crippen LogP contribution in [0.3, 0.4) is 0 Å². The smallest absolute Gasteiger partial charge is 0.232 e. The van der Waals surface area contributed by atoms with Crippen LogP contribution in [0.4, 0.5) is 14.7 Å². The molecule has 9 heteroatoms. The third-order valence-electron chi connectivity index (χ3n) is 5.43. The van der Waals surface area contributed by atoms with Crippen molar-refractivity contribution in [3.63, 3.8) is 0 Å². The molecule has 6 nitrogen and oxygen atoms in total. The lowest BCUT2D eigenvalue weighted by atomic mass is 10.1. The first kappa shape index (κ1) is 22.3. The van der Waals surface area contributed by atoms with Gasteiger partial charge in [-0.1, -0.05) is 23.9 Å². The van der Waals surface area contributed by atoms with E-state index >= 15 is 0 Å². The summed E-state index contributed by atoms with van der Waals surface area (Å²) in [4.78, 5) is 15.1. The van der Waals surface area contributed by atoms with Crippen LogP contribution in [-0.2, 0) is 0 Å². The Labute approximate surface area is 189 Å². The summed E-state index contributed by atoms with van der Waals surface area (Å²) >= 11 is 1.18. The summed E-state index contributed by atoms with van der Waals surface area (Å²) in [5.41, 5.74) is 0.613. The number of piperidine rings is 1. The molecule has 1 atom stereocenters. The maximum absolute atomic E-state index is 14.2. The van der Waals surface area contributed by atoms with Crippen molar-refractivity contribution >= 4 is 23.5 Å². The van der Waals surface area contributed by atoms with E-state index in [1.165, 1.54) is 24.2 Å². The summed E-state index contributed by atoms with van der Waals surface area (Å²) in [6.07, 6.45) is 3.32. The van der Waals surface area contributed by atoms with Crippen LogP contribution in [0.25, 0.3) is 5.69 Å². The standard InChI is InChI=1S/C23H24F2N4O2S/c1-15(21(30)17-11-10-16(24)14-18(17)25)32-23-27-26-22(28-12-6-3-7-13-28)29(23)19-8-4-5-9-20(19)31-2/h4-5,8-11,14-15H,3,6-7,12-13H2,1-2H3. The average molecular weight is 459 g/mol. The Kier molecular flexibility index (Phi) is 6.74. The van der Waals surface area contributed by atoms with Gasteiger partial charge in [0.05, 0.1) is 23.6 Å². The summed E-state index contributed by atoms with van der Waals surface area (Å²) in [6.45, 7) is 3.41. The molecule has 0 spiro atoms. The fourth-order valence-corrected chi connectivity index (χ4v) is 4.71. The van der Waals surface area contributed by atoms with Crippen molar-refractivity contribution in [2.45, 2.75) is 36.6 Å². The second-order valence-electron chi connectivity index (χ2n) is 7.59. The number of aromatic nitrogens is 3. The molecule has 2 heterocycles. The van der Waals surface area contributed by atoms with Crippen LogP contribution in [0.5, 0.6) is 5.75 Å². The van der Waals surface area contributed by atoms with Gasteiger partial charge in [0.2, 0.25) is 5.95 Å². The SMILES string of the molecule is COc1ccccc1-n1c(SC(C)C(=O)c2ccc(F)cc2F)nnc1N1CCCCC1. The van der Waals surface area contributed by atoms with E-state index in [2.05, 4.69) is 15.1 Å². The average Bonchev–Trinajstić information content (AvgIpc) is 3.22. The Morgan fingerprint density at radius 2 is 1.84 bits per heavy atom. The number of para-hydroxylation sites is 2. The predicted octanol–water partition coefficient (Wildman–Crippen LogP) is 4.91. The second-order valence-corrected chi connectivity index (χ2v) is 8.89. The number of thioether (sulfide) groups is 1. The minimum absolute atomic E-state index is 0.147. The number of hydrogen-bond donors (Lipinski definition) is 0. The van der Waals surface area contributed by atoms with Crippen molar-refractivity contribution < 1.29 is 18.3 Å². The summed E-state index contributed by atoms with van der Waals surface area (Å²) in [5, 5.41) is 8.64. The van der Waals surface area contributed by atoms with Crippen LogP contribution in [0, 0.1) is 11.6 Å². The molecule has 1 saturated heterocycles. The molecule has 0 N–H and O–H groups in total. The monoisotopic (exact) mass is 458 g/mol. The van der Waals surface area contributed by atoms with Crippen LogP contribution in [-0.4, -0.2) is 46.0 Å². The van der Waals surface area contributed by atoms with Crippen molar-refractivity contribution in [3.8, 4) is 11.4 Å². The Morgan fingerprint density at radius 1 is 1.09 bits per heavy atom. The minimum atomic E-state index is -0.873. The molecular weight excluding hydrogens is 434 g/mol. The molecule has 0 radical (unpaired) electrons. The Balaban J connectivity index is 1.70. The van der Waals surface area contributed by atoms with E-state index in [-0.39, 0.29) is 5.56 Å². The molecule has 168 valence electrons. The van der Waals surface area contributed by atoms with E-state index in [9.17, 15) is 13.6 Å². The first-order valence-electron chi connectivity index (χ1n) is 10.5. The molecule has 0 saturated carbocycles. The first-order chi connectivity index (χ1) is 15.5. The van der Waals surface area contributed by atoms with Crippen molar-refractivity contribution in [2.24, 2.45) is 0 Å². The Bertz CT molecular complexity index is 1120. The third kappa shape index (κ3) is 4.48. The number of anilines is 1. The normalized spacial score (nSPS) is 14.9. The van der Waals surface area contributed by atoms with E-state index in [4.69, 9.17) is 4.74 Å². The van der Waals surface area contributed by atoms with Crippen LogP contribution < -0.4 is 9.64 Å². The van der Waals surface area contributed by atoms with E-state index in [0.29, 0.717) is 16.9 Å². The maximum atomic E-state index is 14.2. The zero-order chi connectivity index (χ0) is 22.7. The maximum Gasteiger partial charge on any atom is 0.232 e. The topological polar surface area (TPSA) is 60.3 Å². The molecule has 2 aromatic carbocycles. The zero-order valence-corrected chi connectivity index (χ0v) is 18.7. The lowest BCUT2D eigenvalue weighted by Crippen LogP contribution is -2.31. The number of Topliss-reactive ketones (excluding diaryl/α,β-unsaturated/α-hetero) is 1. The van der Waals surface area contributed by atoms with Gasteiger partial charge in [-0.3, -0.25) is 9.36 Å². The van der Waals surface area contributed by atoms with Crippen molar-refractivity contribution in [3.05, 3.63) is 59.7 Å². The Morgan fingerprint density at radius 3 is 2.56 bits per heavy atom. The lowest BCUT2D eigenvalue weighted by molar-refractivity contribution is 0.0990. The van der Waals surface area contributed by atoms with E-state index in [1.54, 1.807) is 14.0 Å². The Hall–Kier alpha value is -2.94. The van der Waals surface area contributed by atoms with Crippen LogP contribution in [0.2, 0.25) is 0 Å². The largest absolute Gasteiger partial charge is 0.495 e. The lowest BCUT2D eigenvalue weighted by Gasteiger charge is -2.28. The first-order valence-corrected chi connectivity index (χ1v) is 11.4. The second kappa shape index (κ2) is 9.68. The van der Waals surface area contributed by atoms with Gasteiger partial charge >= 0.3 is 0 Å². The number of methoxy groups -OCH3 is 1. The van der Waals surface area contributed by atoms with Gasteiger partial charge in [0.25, 0.3) is 0 Å². The van der Waals surface area contributed by atoms with Gasteiger partial charge in [-0.25, -0.2) is 8.78 Å². The van der Waals surface area contributed by atoms with E-state index in [0.717, 1.165) is 43.8 Å². The van der Waals surface area contributed by atoms with Gasteiger partial charge in [-0.2, -0.15) is 0 Å². The van der Waals surface area contributed by atoms with Crippen molar-refractivity contribution in [2.75, 3.05) is 25.1 Å². The molecular formula is C23H24F2N4O2S. The number of carbonyl (C=O) groups is 1.